The predicted octanol–water partition coefficient (Wildman–Crippen LogP) is 1.55. The molecule has 128 valence electrons. The molecule has 1 aromatic rings. The molecule has 3 N–H and O–H groups in total. The molecule has 2 heterocycles. The van der Waals surface area contributed by atoms with Gasteiger partial charge in [0.15, 0.2) is 0 Å². The summed E-state index contributed by atoms with van der Waals surface area (Å²) in [5.74, 6) is -0.217. The van der Waals surface area contributed by atoms with Crippen LogP contribution in [0.4, 0.5) is 11.5 Å². The minimum atomic E-state index is -0.534. The maximum atomic E-state index is 12.2. The van der Waals surface area contributed by atoms with Gasteiger partial charge in [-0.25, -0.2) is 0 Å². The summed E-state index contributed by atoms with van der Waals surface area (Å²) in [4.78, 5) is 24.5. The summed E-state index contributed by atoms with van der Waals surface area (Å²) in [6.45, 7) is 5.91. The molecular weight excluding hydrogens is 302 g/mol. The second-order valence-electron chi connectivity index (χ2n) is 6.72. The highest BCUT2D eigenvalue weighted by atomic mass is 16.6. The van der Waals surface area contributed by atoms with E-state index in [4.69, 9.17) is 10.5 Å². The van der Waals surface area contributed by atoms with Crippen molar-refractivity contribution in [3.8, 4) is 0 Å². The number of esters is 1. The number of nitrogens with two attached hydrogens (primary N) is 1. The Kier molecular flexibility index (Phi) is 4.88. The third-order valence-electron chi connectivity index (χ3n) is 3.75. The van der Waals surface area contributed by atoms with Crippen molar-refractivity contribution < 1.29 is 14.5 Å². The number of aromatic nitrogens is 2. The Balaban J connectivity index is 2.11. The van der Waals surface area contributed by atoms with Gasteiger partial charge < -0.3 is 15.4 Å². The van der Waals surface area contributed by atoms with Gasteiger partial charge in [0, 0.05) is 6.54 Å². The van der Waals surface area contributed by atoms with Crippen LogP contribution in [-0.4, -0.2) is 39.4 Å². The highest BCUT2D eigenvalue weighted by molar-refractivity contribution is 5.73. The maximum absolute atomic E-state index is 12.2. The summed E-state index contributed by atoms with van der Waals surface area (Å²) in [5.41, 5.74) is 5.48. The normalized spacial score (nSPS) is 22.5. The Morgan fingerprint density at radius 3 is 2.78 bits per heavy atom. The second kappa shape index (κ2) is 6.53. The predicted molar refractivity (Wildman–Crippen MR) is 83.7 cm³/mol. The van der Waals surface area contributed by atoms with Gasteiger partial charge in [-0.15, -0.1) is 0 Å². The van der Waals surface area contributed by atoms with E-state index in [1.54, 1.807) is 4.90 Å². The van der Waals surface area contributed by atoms with Crippen LogP contribution in [0.5, 0.6) is 0 Å². The summed E-state index contributed by atoms with van der Waals surface area (Å²) in [6.07, 6.45) is 2.41. The molecule has 1 aromatic heterocycles. The molecule has 2 unspecified atom stereocenters. The Morgan fingerprint density at radius 1 is 1.48 bits per heavy atom. The number of aromatic amines is 1. The topological polar surface area (TPSA) is 127 Å². The van der Waals surface area contributed by atoms with Gasteiger partial charge in [-0.1, -0.05) is 0 Å². The van der Waals surface area contributed by atoms with Gasteiger partial charge in [0.1, 0.15) is 11.8 Å². The summed E-state index contributed by atoms with van der Waals surface area (Å²) in [7, 11) is 0. The van der Waals surface area contributed by atoms with Crippen LogP contribution in [-0.2, 0) is 9.53 Å². The lowest BCUT2D eigenvalue weighted by atomic mass is 10.00. The molecule has 1 aliphatic heterocycles. The average Bonchev–Trinajstić information content (AvgIpc) is 2.81. The van der Waals surface area contributed by atoms with Crippen molar-refractivity contribution in [3.05, 3.63) is 16.3 Å². The van der Waals surface area contributed by atoms with E-state index in [-0.39, 0.29) is 23.4 Å². The lowest BCUT2D eigenvalue weighted by molar-refractivity contribution is -0.384. The molecule has 0 amide bonds. The Hall–Kier alpha value is -2.16. The lowest BCUT2D eigenvalue weighted by Gasteiger charge is -2.26. The van der Waals surface area contributed by atoms with Gasteiger partial charge in [-0.2, -0.15) is 5.10 Å². The number of carbonyl (C=O) groups is 1. The number of nitrogens with zero attached hydrogens (tertiary/aromatic N) is 3. The number of nitro groups is 1. The first-order valence-electron chi connectivity index (χ1n) is 7.62. The quantitative estimate of drug-likeness (QED) is 0.490. The smallest absolute Gasteiger partial charge is 0.330 e. The summed E-state index contributed by atoms with van der Waals surface area (Å²) < 4.78 is 5.43. The number of hydrogen-bond acceptors (Lipinski definition) is 7. The molecule has 0 saturated carbocycles. The van der Waals surface area contributed by atoms with Crippen LogP contribution in [0, 0.1) is 16.0 Å². The van der Waals surface area contributed by atoms with Crippen molar-refractivity contribution in [3.63, 3.8) is 0 Å². The molecule has 2 atom stereocenters. The molecule has 0 radical (unpaired) electrons. The molecule has 9 nitrogen and oxygen atoms in total. The van der Waals surface area contributed by atoms with Crippen LogP contribution >= 0.6 is 0 Å². The van der Waals surface area contributed by atoms with E-state index < -0.39 is 16.7 Å². The second-order valence-corrected chi connectivity index (χ2v) is 6.72. The van der Waals surface area contributed by atoms with Crippen molar-refractivity contribution in [1.29, 1.82) is 0 Å². The van der Waals surface area contributed by atoms with E-state index in [1.165, 1.54) is 0 Å². The van der Waals surface area contributed by atoms with E-state index in [2.05, 4.69) is 10.2 Å². The van der Waals surface area contributed by atoms with Crippen molar-refractivity contribution in [1.82, 2.24) is 10.2 Å². The van der Waals surface area contributed by atoms with Gasteiger partial charge in [0.25, 0.3) is 0 Å². The van der Waals surface area contributed by atoms with Crippen molar-refractivity contribution >= 4 is 17.5 Å². The third kappa shape index (κ3) is 4.19. The number of H-pyrrole nitrogens is 1. The van der Waals surface area contributed by atoms with E-state index in [9.17, 15) is 14.9 Å². The van der Waals surface area contributed by atoms with E-state index in [0.29, 0.717) is 25.8 Å². The highest BCUT2D eigenvalue weighted by Crippen LogP contribution is 2.30. The fourth-order valence-electron chi connectivity index (χ4n) is 2.65. The average molecular weight is 325 g/mol. The highest BCUT2D eigenvalue weighted by Gasteiger charge is 2.33. The third-order valence-corrected chi connectivity index (χ3v) is 3.75. The number of carbonyl (C=O) groups excluding carboxylic acids is 1. The SMILES string of the molecule is CC(C)(C)OC(=O)C1CCC(N)N(c2[nH]ncc2[N+](=O)[O-])CC1. The summed E-state index contributed by atoms with van der Waals surface area (Å²) in [6, 6.07) is 0. The largest absolute Gasteiger partial charge is 0.460 e. The van der Waals surface area contributed by atoms with Crippen LogP contribution in [0.3, 0.4) is 0 Å². The molecule has 1 aliphatic rings. The lowest BCUT2D eigenvalue weighted by Crippen LogP contribution is -2.42. The fourth-order valence-corrected chi connectivity index (χ4v) is 2.65. The van der Waals surface area contributed by atoms with Gasteiger partial charge in [0.05, 0.1) is 17.0 Å². The molecule has 9 heteroatoms. The zero-order valence-corrected chi connectivity index (χ0v) is 13.6. The number of anilines is 1. The van der Waals surface area contributed by atoms with Crippen LogP contribution in [0.2, 0.25) is 0 Å². The van der Waals surface area contributed by atoms with Crippen LogP contribution in [0.15, 0.2) is 6.20 Å². The fraction of sp³-hybridized carbons (Fsp3) is 0.714. The Bertz CT molecular complexity index is 580. The Morgan fingerprint density at radius 2 is 2.17 bits per heavy atom. The summed E-state index contributed by atoms with van der Waals surface area (Å²) >= 11 is 0. The number of nitrogens with one attached hydrogen (secondary N) is 1. The molecule has 0 spiro atoms. The standard InChI is InChI=1S/C14H23N5O4/c1-14(2,3)23-13(20)9-4-5-11(15)18(7-6-9)12-10(19(21)22)8-16-17-12/h8-9,11H,4-7,15H2,1-3H3,(H,16,17). The molecule has 2 rings (SSSR count). The monoisotopic (exact) mass is 325 g/mol. The molecule has 0 aromatic carbocycles. The minimum absolute atomic E-state index is 0.115. The first-order valence-corrected chi connectivity index (χ1v) is 7.62. The molecule has 23 heavy (non-hydrogen) atoms. The van der Waals surface area contributed by atoms with Gasteiger partial charge >= 0.3 is 11.7 Å². The number of ether oxygens (including phenoxy) is 1. The van der Waals surface area contributed by atoms with Crippen molar-refractivity contribution in [2.24, 2.45) is 11.7 Å². The van der Waals surface area contributed by atoms with Gasteiger partial charge in [-0.05, 0) is 40.0 Å². The molecule has 0 aliphatic carbocycles. The Labute approximate surface area is 134 Å². The maximum Gasteiger partial charge on any atom is 0.330 e. The van der Waals surface area contributed by atoms with Crippen molar-refractivity contribution in [2.75, 3.05) is 11.4 Å². The minimum Gasteiger partial charge on any atom is -0.460 e. The molecule has 1 saturated heterocycles. The van der Waals surface area contributed by atoms with Crippen LogP contribution in [0.1, 0.15) is 40.0 Å². The zero-order valence-electron chi connectivity index (χ0n) is 13.6. The molecule has 1 fully saturated rings. The zero-order chi connectivity index (χ0) is 17.2. The van der Waals surface area contributed by atoms with Gasteiger partial charge in [0.2, 0.25) is 5.82 Å². The van der Waals surface area contributed by atoms with Crippen LogP contribution in [0.25, 0.3) is 0 Å². The summed E-state index contributed by atoms with van der Waals surface area (Å²) in [5, 5.41) is 17.4. The molecule has 0 bridgehead atoms. The van der Waals surface area contributed by atoms with Gasteiger partial charge in [-0.3, -0.25) is 20.0 Å². The number of hydrogen-bond donors (Lipinski definition) is 2. The van der Waals surface area contributed by atoms with E-state index in [1.807, 2.05) is 20.8 Å². The van der Waals surface area contributed by atoms with E-state index >= 15 is 0 Å². The van der Waals surface area contributed by atoms with E-state index in [0.717, 1.165) is 6.20 Å². The first kappa shape index (κ1) is 17.2. The first-order chi connectivity index (χ1) is 10.7. The number of rotatable bonds is 3. The van der Waals surface area contributed by atoms with Crippen molar-refractivity contribution in [2.45, 2.75) is 51.8 Å². The van der Waals surface area contributed by atoms with Crippen LogP contribution < -0.4 is 10.6 Å². The molecular formula is C14H23N5O4.